The van der Waals surface area contributed by atoms with Gasteiger partial charge in [0.15, 0.2) is 0 Å². The van der Waals surface area contributed by atoms with Crippen LogP contribution in [-0.2, 0) is 0 Å². The minimum Gasteiger partial charge on any atom is -0.253 e. The Morgan fingerprint density at radius 3 is 2.74 bits per heavy atom. The molecular formula is C15H19N3S. The zero-order valence-electron chi connectivity index (χ0n) is 11.6. The number of aromatic nitrogens is 1. The van der Waals surface area contributed by atoms with Crippen molar-refractivity contribution in [3.8, 4) is 11.3 Å². The highest BCUT2D eigenvalue weighted by atomic mass is 32.1. The van der Waals surface area contributed by atoms with Crippen molar-refractivity contribution in [2.75, 3.05) is 5.43 Å². The number of hydrazone groups is 1. The number of rotatable bonds is 5. The van der Waals surface area contributed by atoms with Gasteiger partial charge < -0.3 is 0 Å². The normalized spacial score (nSPS) is 11.9. The quantitative estimate of drug-likeness (QED) is 0.636. The van der Waals surface area contributed by atoms with Crippen molar-refractivity contribution >= 4 is 22.2 Å². The summed E-state index contributed by atoms with van der Waals surface area (Å²) in [7, 11) is 0. The Labute approximate surface area is 118 Å². The summed E-state index contributed by atoms with van der Waals surface area (Å²) in [4.78, 5) is 4.53. The molecule has 19 heavy (non-hydrogen) atoms. The van der Waals surface area contributed by atoms with E-state index in [1.54, 1.807) is 11.3 Å². The van der Waals surface area contributed by atoms with Crippen LogP contribution in [0.4, 0.5) is 5.13 Å². The van der Waals surface area contributed by atoms with Gasteiger partial charge in [0.25, 0.3) is 0 Å². The summed E-state index contributed by atoms with van der Waals surface area (Å²) in [5, 5.41) is 7.24. The van der Waals surface area contributed by atoms with E-state index in [1.807, 2.05) is 30.5 Å². The van der Waals surface area contributed by atoms with E-state index in [0.29, 0.717) is 5.92 Å². The van der Waals surface area contributed by atoms with Gasteiger partial charge in [-0.15, -0.1) is 11.3 Å². The van der Waals surface area contributed by atoms with Gasteiger partial charge in [0.2, 0.25) is 5.13 Å². The third kappa shape index (κ3) is 4.17. The largest absolute Gasteiger partial charge is 0.253 e. The molecule has 0 unspecified atom stereocenters. The molecule has 0 spiro atoms. The minimum atomic E-state index is 0.627. The average Bonchev–Trinajstić information content (AvgIpc) is 2.85. The number of benzene rings is 1. The van der Waals surface area contributed by atoms with Gasteiger partial charge in [-0.05, 0) is 19.3 Å². The van der Waals surface area contributed by atoms with E-state index < -0.39 is 0 Å². The van der Waals surface area contributed by atoms with Crippen molar-refractivity contribution in [3.63, 3.8) is 0 Å². The van der Waals surface area contributed by atoms with Gasteiger partial charge in [0, 0.05) is 16.7 Å². The second-order valence-corrected chi connectivity index (χ2v) is 5.82. The zero-order chi connectivity index (χ0) is 13.7. The van der Waals surface area contributed by atoms with Crippen LogP contribution in [0.15, 0.2) is 40.8 Å². The van der Waals surface area contributed by atoms with Crippen molar-refractivity contribution in [2.24, 2.45) is 11.0 Å². The molecule has 1 aromatic heterocycles. The van der Waals surface area contributed by atoms with Crippen molar-refractivity contribution in [1.82, 2.24) is 4.98 Å². The molecule has 2 aromatic rings. The fraction of sp³-hybridized carbons (Fsp3) is 0.333. The Morgan fingerprint density at radius 2 is 2.05 bits per heavy atom. The lowest BCUT2D eigenvalue weighted by molar-refractivity contribution is 0.682. The van der Waals surface area contributed by atoms with Crippen molar-refractivity contribution in [3.05, 3.63) is 35.7 Å². The first-order valence-corrected chi connectivity index (χ1v) is 7.33. The molecule has 1 aromatic carbocycles. The second kappa shape index (κ2) is 6.48. The predicted molar refractivity (Wildman–Crippen MR) is 83.7 cm³/mol. The molecule has 1 N–H and O–H groups in total. The molecule has 100 valence electrons. The number of nitrogens with zero attached hydrogens (tertiary/aromatic N) is 2. The maximum atomic E-state index is 4.53. The van der Waals surface area contributed by atoms with Gasteiger partial charge >= 0.3 is 0 Å². The van der Waals surface area contributed by atoms with E-state index in [4.69, 9.17) is 0 Å². The van der Waals surface area contributed by atoms with E-state index in [9.17, 15) is 0 Å². The smallest absolute Gasteiger partial charge is 0.203 e. The first-order valence-electron chi connectivity index (χ1n) is 6.45. The van der Waals surface area contributed by atoms with E-state index in [-0.39, 0.29) is 0 Å². The Kier molecular flexibility index (Phi) is 4.68. The predicted octanol–water partition coefficient (Wildman–Crippen LogP) is 4.64. The van der Waals surface area contributed by atoms with Crippen LogP contribution in [0.2, 0.25) is 0 Å². The number of thiazole rings is 1. The highest BCUT2D eigenvalue weighted by Crippen LogP contribution is 2.24. The Hall–Kier alpha value is -1.68. The number of hydrogen-bond donors (Lipinski definition) is 1. The first kappa shape index (κ1) is 13.7. The molecule has 0 saturated carbocycles. The lowest BCUT2D eigenvalue weighted by Gasteiger charge is -2.03. The lowest BCUT2D eigenvalue weighted by atomic mass is 10.1. The number of hydrogen-bond acceptors (Lipinski definition) is 4. The van der Waals surface area contributed by atoms with E-state index in [1.165, 1.54) is 0 Å². The maximum Gasteiger partial charge on any atom is 0.203 e. The zero-order valence-corrected chi connectivity index (χ0v) is 12.4. The highest BCUT2D eigenvalue weighted by Gasteiger charge is 2.03. The van der Waals surface area contributed by atoms with Crippen LogP contribution < -0.4 is 5.43 Å². The van der Waals surface area contributed by atoms with E-state index in [2.05, 4.69) is 41.5 Å². The highest BCUT2D eigenvalue weighted by molar-refractivity contribution is 7.14. The van der Waals surface area contributed by atoms with Crippen LogP contribution in [0, 0.1) is 5.92 Å². The molecule has 4 heteroatoms. The Balaban J connectivity index is 2.02. The molecule has 0 aliphatic rings. The summed E-state index contributed by atoms with van der Waals surface area (Å²) >= 11 is 1.58. The third-order valence-corrected chi connectivity index (χ3v) is 3.37. The van der Waals surface area contributed by atoms with Crippen molar-refractivity contribution in [2.45, 2.75) is 27.2 Å². The molecule has 0 amide bonds. The molecule has 0 saturated heterocycles. The van der Waals surface area contributed by atoms with Gasteiger partial charge in [-0.1, -0.05) is 44.2 Å². The number of anilines is 1. The fourth-order valence-electron chi connectivity index (χ4n) is 1.85. The van der Waals surface area contributed by atoms with Crippen LogP contribution in [0.25, 0.3) is 11.3 Å². The topological polar surface area (TPSA) is 37.3 Å². The Bertz CT molecular complexity index is 544. The maximum absolute atomic E-state index is 4.53. The van der Waals surface area contributed by atoms with Crippen LogP contribution >= 0.6 is 11.3 Å². The monoisotopic (exact) mass is 273 g/mol. The van der Waals surface area contributed by atoms with Crippen LogP contribution in [-0.4, -0.2) is 10.7 Å². The van der Waals surface area contributed by atoms with Gasteiger partial charge in [-0.2, -0.15) is 5.10 Å². The average molecular weight is 273 g/mol. The first-order chi connectivity index (χ1) is 9.15. The second-order valence-electron chi connectivity index (χ2n) is 4.96. The molecular weight excluding hydrogens is 254 g/mol. The van der Waals surface area contributed by atoms with Crippen LogP contribution in [0.5, 0.6) is 0 Å². The summed E-state index contributed by atoms with van der Waals surface area (Å²) in [6, 6.07) is 10.2. The molecule has 0 fully saturated rings. The third-order valence-electron chi connectivity index (χ3n) is 2.62. The van der Waals surface area contributed by atoms with Gasteiger partial charge in [-0.25, -0.2) is 4.98 Å². The summed E-state index contributed by atoms with van der Waals surface area (Å²) in [5.74, 6) is 0.627. The summed E-state index contributed by atoms with van der Waals surface area (Å²) in [6.07, 6.45) is 1.00. The Morgan fingerprint density at radius 1 is 1.32 bits per heavy atom. The number of nitrogens with one attached hydrogen (secondary N) is 1. The SMILES string of the molecule is C/C(CC(C)C)=N/Nc1nc(-c2ccccc2)cs1. The van der Waals surface area contributed by atoms with Gasteiger partial charge in [-0.3, -0.25) is 5.43 Å². The molecule has 3 nitrogen and oxygen atoms in total. The summed E-state index contributed by atoms with van der Waals surface area (Å²) in [5.41, 5.74) is 6.26. The van der Waals surface area contributed by atoms with Crippen molar-refractivity contribution in [1.29, 1.82) is 0 Å². The van der Waals surface area contributed by atoms with E-state index in [0.717, 1.165) is 28.5 Å². The lowest BCUT2D eigenvalue weighted by Crippen LogP contribution is -2.01. The van der Waals surface area contributed by atoms with Crippen molar-refractivity contribution < 1.29 is 0 Å². The fourth-order valence-corrected chi connectivity index (χ4v) is 2.51. The van der Waals surface area contributed by atoms with Gasteiger partial charge in [0.1, 0.15) is 0 Å². The van der Waals surface area contributed by atoms with Crippen LogP contribution in [0.1, 0.15) is 27.2 Å². The summed E-state index contributed by atoms with van der Waals surface area (Å²) < 4.78 is 0. The molecule has 0 aliphatic carbocycles. The molecule has 0 bridgehead atoms. The molecule has 0 atom stereocenters. The van der Waals surface area contributed by atoms with Gasteiger partial charge in [0.05, 0.1) is 5.69 Å². The summed E-state index contributed by atoms with van der Waals surface area (Å²) in [6.45, 7) is 6.42. The molecule has 1 heterocycles. The molecule has 0 radical (unpaired) electrons. The molecule has 0 aliphatic heterocycles. The van der Waals surface area contributed by atoms with Crippen LogP contribution in [0.3, 0.4) is 0 Å². The minimum absolute atomic E-state index is 0.627. The molecule has 2 rings (SSSR count). The standard InChI is InChI=1S/C15H19N3S/c1-11(2)9-12(3)17-18-15-16-14(10-19-15)13-7-5-4-6-8-13/h4-8,10-11H,9H2,1-3H3,(H,16,18)/b17-12-. The van der Waals surface area contributed by atoms with E-state index >= 15 is 0 Å².